The molecule has 0 aromatic rings. The van der Waals surface area contributed by atoms with Gasteiger partial charge in [0.05, 0.1) is 0 Å². The Morgan fingerprint density at radius 2 is 2.00 bits per heavy atom. The fourth-order valence-electron chi connectivity index (χ4n) is 5.54. The van der Waals surface area contributed by atoms with Crippen LogP contribution in [0, 0.1) is 26.4 Å². The highest BCUT2D eigenvalue weighted by Gasteiger charge is 2.56. The number of rotatable bonds is 6. The molecule has 2 bridgehead atoms. The van der Waals surface area contributed by atoms with Crippen molar-refractivity contribution in [1.82, 2.24) is 0 Å². The van der Waals surface area contributed by atoms with E-state index in [0.717, 1.165) is 38.5 Å². The number of nitrogens with two attached hydrogens (primary N) is 1. The van der Waals surface area contributed by atoms with Gasteiger partial charge in [-0.2, -0.15) is 0 Å². The van der Waals surface area contributed by atoms with Crippen molar-refractivity contribution in [2.24, 2.45) is 22.0 Å². The Morgan fingerprint density at radius 1 is 1.29 bits per heavy atom. The Bertz CT molecular complexity index is 399. The van der Waals surface area contributed by atoms with Gasteiger partial charge in [0.15, 0.2) is 0 Å². The van der Waals surface area contributed by atoms with E-state index in [1.54, 1.807) is 0 Å². The van der Waals surface area contributed by atoms with Gasteiger partial charge in [0.1, 0.15) is 6.10 Å². The third-order valence-corrected chi connectivity index (χ3v) is 6.20. The molecule has 0 heterocycles. The van der Waals surface area contributed by atoms with Crippen molar-refractivity contribution in [3.63, 3.8) is 0 Å². The quantitative estimate of drug-likeness (QED) is 0.599. The molecule has 5 nitrogen and oxygen atoms in total. The van der Waals surface area contributed by atoms with E-state index in [4.69, 9.17) is 10.6 Å². The maximum absolute atomic E-state index is 10.9. The average molecular weight is 298 g/mol. The van der Waals surface area contributed by atoms with E-state index >= 15 is 0 Å². The Labute approximate surface area is 127 Å². The zero-order chi connectivity index (χ0) is 15.7. The van der Waals surface area contributed by atoms with Gasteiger partial charge in [-0.05, 0) is 61.3 Å². The summed E-state index contributed by atoms with van der Waals surface area (Å²) in [7, 11) is 0. The zero-order valence-corrected chi connectivity index (χ0v) is 13.7. The van der Waals surface area contributed by atoms with E-state index in [2.05, 4.69) is 13.8 Å². The predicted octanol–water partition coefficient (Wildman–Crippen LogP) is 3.69. The Hall–Kier alpha value is -0.840. The molecule has 0 aliphatic heterocycles. The molecule has 122 valence electrons. The van der Waals surface area contributed by atoms with Crippen LogP contribution >= 0.6 is 0 Å². The highest BCUT2D eigenvalue weighted by atomic mass is 17.0. The lowest BCUT2D eigenvalue weighted by atomic mass is 9.46. The molecule has 2 saturated carbocycles. The van der Waals surface area contributed by atoms with Gasteiger partial charge in [0.2, 0.25) is 0 Å². The molecule has 4 unspecified atom stereocenters. The molecule has 2 rings (SSSR count). The van der Waals surface area contributed by atoms with Gasteiger partial charge in [-0.3, -0.25) is 0 Å². The molecule has 0 aromatic carbocycles. The third kappa shape index (κ3) is 3.03. The van der Waals surface area contributed by atoms with Gasteiger partial charge < -0.3 is 10.6 Å². The van der Waals surface area contributed by atoms with Crippen molar-refractivity contribution in [3.8, 4) is 0 Å². The molecule has 2 aliphatic rings. The van der Waals surface area contributed by atoms with Crippen molar-refractivity contribution in [1.29, 1.82) is 0 Å². The smallest absolute Gasteiger partial charge is 0.294 e. The predicted molar refractivity (Wildman–Crippen MR) is 82.2 cm³/mol. The van der Waals surface area contributed by atoms with Crippen LogP contribution in [0.25, 0.3) is 0 Å². The number of hydrogen-bond donors (Lipinski definition) is 1. The second-order valence-electron chi connectivity index (χ2n) is 7.84. The molecule has 0 amide bonds. The van der Waals surface area contributed by atoms with E-state index in [-0.39, 0.29) is 16.9 Å². The van der Waals surface area contributed by atoms with E-state index in [0.29, 0.717) is 18.4 Å². The Balaban J connectivity index is 2.36. The minimum Gasteiger partial charge on any atom is -0.330 e. The number of fused-ring (bicyclic) bond motifs is 2. The van der Waals surface area contributed by atoms with E-state index < -0.39 is 5.09 Å². The summed E-state index contributed by atoms with van der Waals surface area (Å²) >= 11 is 0. The molecule has 2 aliphatic carbocycles. The summed E-state index contributed by atoms with van der Waals surface area (Å²) in [5, 5.41) is 10.3. The minimum atomic E-state index is -0.598. The molecule has 0 radical (unpaired) electrons. The summed E-state index contributed by atoms with van der Waals surface area (Å²) in [4.78, 5) is 16.0. The van der Waals surface area contributed by atoms with Crippen molar-refractivity contribution in [2.75, 3.05) is 6.54 Å². The molecular formula is C16H30N2O3. The molecule has 4 atom stereocenters. The molecule has 0 saturated heterocycles. The van der Waals surface area contributed by atoms with Crippen molar-refractivity contribution >= 4 is 0 Å². The molecule has 0 aromatic heterocycles. The summed E-state index contributed by atoms with van der Waals surface area (Å²) in [6.07, 6.45) is 8.16. The molecule has 2 fully saturated rings. The molecule has 21 heavy (non-hydrogen) atoms. The second-order valence-corrected chi connectivity index (χ2v) is 7.84. The lowest BCUT2D eigenvalue weighted by Crippen LogP contribution is -2.55. The first-order chi connectivity index (χ1) is 9.82. The van der Waals surface area contributed by atoms with Gasteiger partial charge in [-0.15, -0.1) is 10.1 Å². The van der Waals surface area contributed by atoms with Crippen LogP contribution in [-0.2, 0) is 4.84 Å². The first-order valence-corrected chi connectivity index (χ1v) is 8.34. The largest absolute Gasteiger partial charge is 0.330 e. The van der Waals surface area contributed by atoms with Crippen LogP contribution < -0.4 is 5.73 Å². The summed E-state index contributed by atoms with van der Waals surface area (Å²) in [5.41, 5.74) is 6.40. The topological polar surface area (TPSA) is 78.4 Å². The molecule has 2 N–H and O–H groups in total. The lowest BCUT2D eigenvalue weighted by Gasteiger charge is -2.60. The second kappa shape index (κ2) is 5.75. The summed E-state index contributed by atoms with van der Waals surface area (Å²) in [6, 6.07) is 0. The van der Waals surface area contributed by atoms with Gasteiger partial charge in [0.25, 0.3) is 5.09 Å². The maximum atomic E-state index is 10.9. The Morgan fingerprint density at radius 3 is 2.52 bits per heavy atom. The molecular weight excluding hydrogens is 268 g/mol. The number of hydrogen-bond acceptors (Lipinski definition) is 4. The normalized spacial score (nSPS) is 40.6. The first-order valence-electron chi connectivity index (χ1n) is 8.34. The highest BCUT2D eigenvalue weighted by Crippen LogP contribution is 2.64. The zero-order valence-electron chi connectivity index (χ0n) is 13.7. The van der Waals surface area contributed by atoms with Crippen molar-refractivity contribution in [2.45, 2.75) is 78.2 Å². The van der Waals surface area contributed by atoms with E-state index in [1.807, 2.05) is 6.92 Å². The van der Waals surface area contributed by atoms with E-state index in [9.17, 15) is 10.1 Å². The van der Waals surface area contributed by atoms with Crippen LogP contribution in [0.1, 0.15) is 72.1 Å². The van der Waals surface area contributed by atoms with Crippen LogP contribution in [0.15, 0.2) is 0 Å². The van der Waals surface area contributed by atoms with Gasteiger partial charge in [-0.1, -0.05) is 33.6 Å². The molecule has 0 spiro atoms. The van der Waals surface area contributed by atoms with Crippen LogP contribution in [0.2, 0.25) is 0 Å². The van der Waals surface area contributed by atoms with Gasteiger partial charge in [-0.25, -0.2) is 0 Å². The van der Waals surface area contributed by atoms with E-state index in [1.165, 1.54) is 6.42 Å². The van der Waals surface area contributed by atoms with Crippen molar-refractivity contribution < 1.29 is 9.92 Å². The average Bonchev–Trinajstić information content (AvgIpc) is 2.44. The van der Waals surface area contributed by atoms with Crippen LogP contribution in [0.4, 0.5) is 0 Å². The summed E-state index contributed by atoms with van der Waals surface area (Å²) in [5.74, 6) is 0. The van der Waals surface area contributed by atoms with Crippen LogP contribution in [0.3, 0.4) is 0 Å². The first kappa shape index (κ1) is 16.5. The standard InChI is InChI=1S/C16H30N2O3/c1-4-13(21-18(19)20)16-8-6-7-15(5-2,11-16)9-14(3,10-16)12-17/h13H,4-12,17H2,1-3H3. The lowest BCUT2D eigenvalue weighted by molar-refractivity contribution is -0.773. The summed E-state index contributed by atoms with van der Waals surface area (Å²) < 4.78 is 0. The highest BCUT2D eigenvalue weighted by molar-refractivity contribution is 5.07. The van der Waals surface area contributed by atoms with Crippen LogP contribution in [-0.4, -0.2) is 17.7 Å². The third-order valence-electron chi connectivity index (χ3n) is 6.20. The molecule has 5 heteroatoms. The summed E-state index contributed by atoms with van der Waals surface area (Å²) in [6.45, 7) is 7.17. The van der Waals surface area contributed by atoms with Crippen molar-refractivity contribution in [3.05, 3.63) is 10.1 Å². The van der Waals surface area contributed by atoms with Crippen LogP contribution in [0.5, 0.6) is 0 Å². The monoisotopic (exact) mass is 298 g/mol. The van der Waals surface area contributed by atoms with Gasteiger partial charge >= 0.3 is 0 Å². The number of nitrogens with zero attached hydrogens (tertiary/aromatic N) is 1. The Kier molecular flexibility index (Phi) is 4.52. The fourth-order valence-corrected chi connectivity index (χ4v) is 5.54. The minimum absolute atomic E-state index is 0.0670. The fraction of sp³-hybridized carbons (Fsp3) is 1.00. The maximum Gasteiger partial charge on any atom is 0.294 e. The van der Waals surface area contributed by atoms with Gasteiger partial charge in [0, 0.05) is 0 Å². The SMILES string of the molecule is CCC(O[N+](=O)[O-])C12CCCC(CC)(CC(C)(CN)C1)C2.